The van der Waals surface area contributed by atoms with Crippen LogP contribution in [0.5, 0.6) is 5.75 Å². The van der Waals surface area contributed by atoms with Crippen LogP contribution in [-0.4, -0.2) is 15.1 Å². The number of nitrogens with zero attached hydrogens (tertiary/aromatic N) is 2. The van der Waals surface area contributed by atoms with Crippen molar-refractivity contribution >= 4 is 0 Å². The zero-order valence-corrected chi connectivity index (χ0v) is 11.1. The molecule has 0 saturated heterocycles. The molecule has 0 saturated carbocycles. The maximum absolute atomic E-state index is 9.94. The lowest BCUT2D eigenvalue weighted by atomic mass is 10.1. The predicted octanol–water partition coefficient (Wildman–Crippen LogP) is 3.82. The molecule has 0 radical (unpaired) electrons. The molecule has 0 atom stereocenters. The number of benzene rings is 2. The highest BCUT2D eigenvalue weighted by Gasteiger charge is 2.09. The highest BCUT2D eigenvalue weighted by atomic mass is 16.3. The van der Waals surface area contributed by atoms with Crippen LogP contribution in [0.2, 0.25) is 0 Å². The summed E-state index contributed by atoms with van der Waals surface area (Å²) in [5.41, 5.74) is 3.41. The van der Waals surface area contributed by atoms with Crippen molar-refractivity contribution in [1.82, 2.24) is 9.97 Å². The van der Waals surface area contributed by atoms with Crippen LogP contribution >= 0.6 is 0 Å². The molecule has 1 aromatic heterocycles. The van der Waals surface area contributed by atoms with Crippen molar-refractivity contribution < 1.29 is 5.11 Å². The maximum Gasteiger partial charge on any atom is 0.163 e. The number of para-hydroxylation sites is 1. The molecule has 3 nitrogen and oxygen atoms in total. The van der Waals surface area contributed by atoms with Crippen molar-refractivity contribution in [1.29, 1.82) is 0 Å². The molecule has 0 aliphatic rings. The van der Waals surface area contributed by atoms with E-state index < -0.39 is 0 Å². The molecule has 1 N–H and O–H groups in total. The van der Waals surface area contributed by atoms with Gasteiger partial charge in [-0.05, 0) is 25.1 Å². The molecule has 20 heavy (non-hydrogen) atoms. The Labute approximate surface area is 117 Å². The number of aromatic hydroxyl groups is 1. The number of hydrogen-bond donors (Lipinski definition) is 1. The second kappa shape index (κ2) is 5.13. The van der Waals surface area contributed by atoms with E-state index in [4.69, 9.17) is 0 Å². The molecule has 0 amide bonds. The summed E-state index contributed by atoms with van der Waals surface area (Å²) < 4.78 is 0. The van der Waals surface area contributed by atoms with Gasteiger partial charge in [0.15, 0.2) is 5.82 Å². The van der Waals surface area contributed by atoms with Gasteiger partial charge in [0.05, 0.1) is 11.3 Å². The topological polar surface area (TPSA) is 46.0 Å². The summed E-state index contributed by atoms with van der Waals surface area (Å²) in [6.45, 7) is 1.93. The number of hydrogen-bond acceptors (Lipinski definition) is 3. The van der Waals surface area contributed by atoms with Crippen molar-refractivity contribution in [3.8, 4) is 28.4 Å². The van der Waals surface area contributed by atoms with Gasteiger partial charge in [-0.3, -0.25) is 0 Å². The van der Waals surface area contributed by atoms with Gasteiger partial charge in [-0.15, -0.1) is 0 Å². The van der Waals surface area contributed by atoms with Crippen molar-refractivity contribution in [2.75, 3.05) is 0 Å². The summed E-state index contributed by atoms with van der Waals surface area (Å²) in [4.78, 5) is 8.98. The molecule has 0 aliphatic carbocycles. The Bertz CT molecular complexity index is 739. The highest BCUT2D eigenvalue weighted by Crippen LogP contribution is 2.28. The van der Waals surface area contributed by atoms with Crippen LogP contribution in [-0.2, 0) is 0 Å². The third-order valence-corrected chi connectivity index (χ3v) is 3.07. The minimum absolute atomic E-state index is 0.192. The smallest absolute Gasteiger partial charge is 0.163 e. The summed E-state index contributed by atoms with van der Waals surface area (Å²) in [6, 6.07) is 19.0. The van der Waals surface area contributed by atoms with Crippen LogP contribution in [0.1, 0.15) is 5.69 Å². The van der Waals surface area contributed by atoms with Gasteiger partial charge < -0.3 is 5.11 Å². The van der Waals surface area contributed by atoms with E-state index in [9.17, 15) is 5.11 Å². The molecular weight excluding hydrogens is 248 g/mol. The van der Waals surface area contributed by atoms with Crippen LogP contribution in [0, 0.1) is 6.92 Å². The molecule has 3 rings (SSSR count). The lowest BCUT2D eigenvalue weighted by molar-refractivity contribution is 0.477. The third-order valence-electron chi connectivity index (χ3n) is 3.07. The van der Waals surface area contributed by atoms with Crippen LogP contribution in [0.15, 0.2) is 60.7 Å². The maximum atomic E-state index is 9.94. The van der Waals surface area contributed by atoms with E-state index in [0.717, 1.165) is 17.0 Å². The van der Waals surface area contributed by atoms with Crippen molar-refractivity contribution in [2.45, 2.75) is 6.92 Å². The Balaban J connectivity index is 2.15. The molecule has 0 bridgehead atoms. The minimum atomic E-state index is 0.192. The third kappa shape index (κ3) is 2.38. The molecule has 1 heterocycles. The normalized spacial score (nSPS) is 10.4. The quantitative estimate of drug-likeness (QED) is 0.763. The van der Waals surface area contributed by atoms with Gasteiger partial charge in [0, 0.05) is 11.3 Å². The molecule has 0 unspecified atom stereocenters. The fraction of sp³-hybridized carbons (Fsp3) is 0.0588. The molecule has 3 aromatic rings. The molecule has 3 heteroatoms. The SMILES string of the molecule is Cc1cc(-c2ccccc2)nc(-c2ccccc2O)n1. The number of phenolic OH excluding ortho intramolecular Hbond substituents is 1. The monoisotopic (exact) mass is 262 g/mol. The Morgan fingerprint density at radius 2 is 1.55 bits per heavy atom. The first-order valence-electron chi connectivity index (χ1n) is 6.43. The average Bonchev–Trinajstić information content (AvgIpc) is 2.48. The van der Waals surface area contributed by atoms with E-state index in [0.29, 0.717) is 11.4 Å². The first-order chi connectivity index (χ1) is 9.74. The van der Waals surface area contributed by atoms with Gasteiger partial charge in [-0.25, -0.2) is 9.97 Å². The van der Waals surface area contributed by atoms with Crippen molar-refractivity contribution in [3.63, 3.8) is 0 Å². The van der Waals surface area contributed by atoms with Gasteiger partial charge in [-0.1, -0.05) is 42.5 Å². The Kier molecular flexibility index (Phi) is 3.17. The molecule has 2 aromatic carbocycles. The van der Waals surface area contributed by atoms with Crippen LogP contribution < -0.4 is 0 Å². The van der Waals surface area contributed by atoms with E-state index >= 15 is 0 Å². The zero-order chi connectivity index (χ0) is 13.9. The largest absolute Gasteiger partial charge is 0.507 e. The van der Waals surface area contributed by atoms with Crippen molar-refractivity contribution in [2.24, 2.45) is 0 Å². The number of aryl methyl sites for hydroxylation is 1. The van der Waals surface area contributed by atoms with E-state index in [-0.39, 0.29) is 5.75 Å². The molecule has 0 spiro atoms. The Morgan fingerprint density at radius 3 is 2.30 bits per heavy atom. The molecule has 98 valence electrons. The fourth-order valence-corrected chi connectivity index (χ4v) is 2.11. The van der Waals surface area contributed by atoms with Gasteiger partial charge in [-0.2, -0.15) is 0 Å². The zero-order valence-electron chi connectivity index (χ0n) is 11.1. The summed E-state index contributed by atoms with van der Waals surface area (Å²) in [5.74, 6) is 0.735. The van der Waals surface area contributed by atoms with Crippen LogP contribution in [0.4, 0.5) is 0 Å². The summed E-state index contributed by atoms with van der Waals surface area (Å²) in [6.07, 6.45) is 0. The van der Waals surface area contributed by atoms with E-state index in [1.165, 1.54) is 0 Å². The number of phenols is 1. The first kappa shape index (κ1) is 12.4. The van der Waals surface area contributed by atoms with Gasteiger partial charge in [0.25, 0.3) is 0 Å². The Hall–Kier alpha value is -2.68. The second-order valence-electron chi connectivity index (χ2n) is 4.60. The predicted molar refractivity (Wildman–Crippen MR) is 79.3 cm³/mol. The summed E-state index contributed by atoms with van der Waals surface area (Å²) in [7, 11) is 0. The van der Waals surface area contributed by atoms with Gasteiger partial charge in [0.1, 0.15) is 5.75 Å². The first-order valence-corrected chi connectivity index (χ1v) is 6.43. The fourth-order valence-electron chi connectivity index (χ4n) is 2.11. The number of aromatic nitrogens is 2. The summed E-state index contributed by atoms with van der Waals surface area (Å²) >= 11 is 0. The van der Waals surface area contributed by atoms with Gasteiger partial charge >= 0.3 is 0 Å². The lowest BCUT2D eigenvalue weighted by Crippen LogP contribution is -1.95. The Morgan fingerprint density at radius 1 is 0.850 bits per heavy atom. The van der Waals surface area contributed by atoms with Crippen LogP contribution in [0.25, 0.3) is 22.6 Å². The van der Waals surface area contributed by atoms with E-state index in [1.807, 2.05) is 55.5 Å². The summed E-state index contributed by atoms with van der Waals surface area (Å²) in [5, 5.41) is 9.94. The average molecular weight is 262 g/mol. The number of rotatable bonds is 2. The molecular formula is C17H14N2O. The van der Waals surface area contributed by atoms with E-state index in [2.05, 4.69) is 9.97 Å². The highest BCUT2D eigenvalue weighted by molar-refractivity contribution is 5.67. The minimum Gasteiger partial charge on any atom is -0.507 e. The van der Waals surface area contributed by atoms with Crippen LogP contribution in [0.3, 0.4) is 0 Å². The van der Waals surface area contributed by atoms with E-state index in [1.54, 1.807) is 12.1 Å². The second-order valence-corrected chi connectivity index (χ2v) is 4.60. The molecule has 0 fully saturated rings. The van der Waals surface area contributed by atoms with Gasteiger partial charge in [0.2, 0.25) is 0 Å². The lowest BCUT2D eigenvalue weighted by Gasteiger charge is -2.07. The standard InChI is InChI=1S/C17H14N2O/c1-12-11-15(13-7-3-2-4-8-13)19-17(18-12)14-9-5-6-10-16(14)20/h2-11,20H,1H3. The van der Waals surface area contributed by atoms with Crippen molar-refractivity contribution in [3.05, 3.63) is 66.4 Å². The molecule has 0 aliphatic heterocycles.